The van der Waals surface area contributed by atoms with Crippen molar-refractivity contribution in [2.45, 2.75) is 18.2 Å². The van der Waals surface area contributed by atoms with Gasteiger partial charge in [0.2, 0.25) is 11.8 Å². The zero-order chi connectivity index (χ0) is 20.2. The van der Waals surface area contributed by atoms with Crippen LogP contribution < -0.4 is 19.7 Å². The van der Waals surface area contributed by atoms with E-state index in [1.54, 1.807) is 16.7 Å². The standard InChI is InChI=1S/C22H24N2O4S/c1-15-2-5-18(6-3-15)29-11-8-23-22(26)16-12-21(25)24(14-16)17-4-7-19-20(13-17)28-10-9-27-19/h2-7,13,16H,8-12,14H2,1H3,(H,23,26)/t16-/m1/s1. The molecule has 152 valence electrons. The lowest BCUT2D eigenvalue weighted by Crippen LogP contribution is -2.34. The maximum Gasteiger partial charge on any atom is 0.227 e. The maximum absolute atomic E-state index is 12.5. The highest BCUT2D eigenvalue weighted by Gasteiger charge is 2.35. The molecule has 0 unspecified atom stereocenters. The molecule has 6 nitrogen and oxygen atoms in total. The van der Waals surface area contributed by atoms with Crippen molar-refractivity contribution in [3.8, 4) is 11.5 Å². The highest BCUT2D eigenvalue weighted by atomic mass is 32.2. The van der Waals surface area contributed by atoms with Crippen LogP contribution in [0.15, 0.2) is 47.4 Å². The van der Waals surface area contributed by atoms with Crippen molar-refractivity contribution in [2.24, 2.45) is 5.92 Å². The summed E-state index contributed by atoms with van der Waals surface area (Å²) in [6.07, 6.45) is 0.228. The van der Waals surface area contributed by atoms with Crippen LogP contribution in [0, 0.1) is 12.8 Å². The Balaban J connectivity index is 1.28. The Morgan fingerprint density at radius 1 is 1.14 bits per heavy atom. The molecule has 2 aromatic carbocycles. The van der Waals surface area contributed by atoms with Gasteiger partial charge in [-0.15, -0.1) is 11.8 Å². The minimum Gasteiger partial charge on any atom is -0.486 e. The third-order valence-corrected chi connectivity index (χ3v) is 6.04. The summed E-state index contributed by atoms with van der Waals surface area (Å²) in [5, 5.41) is 2.97. The number of rotatable bonds is 6. The van der Waals surface area contributed by atoms with Crippen molar-refractivity contribution in [2.75, 3.05) is 37.0 Å². The van der Waals surface area contributed by atoms with Gasteiger partial charge in [-0.05, 0) is 31.2 Å². The Morgan fingerprint density at radius 3 is 2.69 bits per heavy atom. The van der Waals surface area contributed by atoms with E-state index in [1.165, 1.54) is 10.5 Å². The van der Waals surface area contributed by atoms with Gasteiger partial charge in [-0.1, -0.05) is 17.7 Å². The number of hydrogen-bond donors (Lipinski definition) is 1. The van der Waals surface area contributed by atoms with Gasteiger partial charge in [0.1, 0.15) is 13.2 Å². The fourth-order valence-corrected chi connectivity index (χ4v) is 4.22. The van der Waals surface area contributed by atoms with E-state index in [1.807, 2.05) is 18.2 Å². The highest BCUT2D eigenvalue weighted by molar-refractivity contribution is 7.99. The highest BCUT2D eigenvalue weighted by Crippen LogP contribution is 2.36. The van der Waals surface area contributed by atoms with E-state index in [-0.39, 0.29) is 24.2 Å². The molecule has 1 atom stereocenters. The molecule has 1 N–H and O–H groups in total. The van der Waals surface area contributed by atoms with Gasteiger partial charge in [0, 0.05) is 41.9 Å². The van der Waals surface area contributed by atoms with Crippen LogP contribution in [0.25, 0.3) is 0 Å². The van der Waals surface area contributed by atoms with Gasteiger partial charge in [0.25, 0.3) is 0 Å². The predicted molar refractivity (Wildman–Crippen MR) is 113 cm³/mol. The first-order valence-corrected chi connectivity index (χ1v) is 10.8. The van der Waals surface area contributed by atoms with Gasteiger partial charge < -0.3 is 19.7 Å². The number of hydrogen-bond acceptors (Lipinski definition) is 5. The summed E-state index contributed by atoms with van der Waals surface area (Å²) in [6, 6.07) is 13.8. The monoisotopic (exact) mass is 412 g/mol. The Labute approximate surface area is 174 Å². The molecule has 2 amide bonds. The molecule has 4 rings (SSSR count). The van der Waals surface area contributed by atoms with Crippen molar-refractivity contribution in [3.63, 3.8) is 0 Å². The van der Waals surface area contributed by atoms with Gasteiger partial charge in [0.05, 0.1) is 5.92 Å². The van der Waals surface area contributed by atoms with Crippen LogP contribution in [0.1, 0.15) is 12.0 Å². The summed E-state index contributed by atoms with van der Waals surface area (Å²) in [5.74, 6) is 1.68. The first-order chi connectivity index (χ1) is 14.1. The molecule has 0 aliphatic carbocycles. The number of fused-ring (bicyclic) bond motifs is 1. The number of nitrogens with zero attached hydrogens (tertiary/aromatic N) is 1. The van der Waals surface area contributed by atoms with Crippen LogP contribution in [0.3, 0.4) is 0 Å². The summed E-state index contributed by atoms with van der Waals surface area (Å²) in [5.41, 5.74) is 1.97. The normalized spacial score (nSPS) is 18.0. The van der Waals surface area contributed by atoms with Crippen molar-refractivity contribution >= 4 is 29.3 Å². The second-order valence-corrected chi connectivity index (χ2v) is 8.35. The number of thioether (sulfide) groups is 1. The fraction of sp³-hybridized carbons (Fsp3) is 0.364. The molecular formula is C22H24N2O4S. The quantitative estimate of drug-likeness (QED) is 0.584. The van der Waals surface area contributed by atoms with Crippen LogP contribution in [0.2, 0.25) is 0 Å². The Bertz CT molecular complexity index is 900. The lowest BCUT2D eigenvalue weighted by Gasteiger charge is -2.22. The molecule has 2 aliphatic rings. The minimum absolute atomic E-state index is 0.0455. The zero-order valence-electron chi connectivity index (χ0n) is 16.3. The van der Waals surface area contributed by atoms with E-state index < -0.39 is 0 Å². The number of aryl methyl sites for hydroxylation is 1. The van der Waals surface area contributed by atoms with Gasteiger partial charge in [-0.3, -0.25) is 9.59 Å². The van der Waals surface area contributed by atoms with E-state index in [9.17, 15) is 9.59 Å². The molecule has 2 aromatic rings. The van der Waals surface area contributed by atoms with Crippen molar-refractivity contribution < 1.29 is 19.1 Å². The number of benzene rings is 2. The van der Waals surface area contributed by atoms with Crippen molar-refractivity contribution in [3.05, 3.63) is 48.0 Å². The molecule has 2 aliphatic heterocycles. The van der Waals surface area contributed by atoms with E-state index >= 15 is 0 Å². The Hall–Kier alpha value is -2.67. The molecule has 29 heavy (non-hydrogen) atoms. The molecule has 0 aromatic heterocycles. The predicted octanol–water partition coefficient (Wildman–Crippen LogP) is 3.03. The van der Waals surface area contributed by atoms with Crippen molar-refractivity contribution in [1.29, 1.82) is 0 Å². The third-order valence-electron chi connectivity index (χ3n) is 5.02. The topological polar surface area (TPSA) is 67.9 Å². The van der Waals surface area contributed by atoms with E-state index in [2.05, 4.69) is 36.5 Å². The zero-order valence-corrected chi connectivity index (χ0v) is 17.2. The molecule has 7 heteroatoms. The van der Waals surface area contributed by atoms with Gasteiger partial charge >= 0.3 is 0 Å². The molecule has 1 saturated heterocycles. The number of ether oxygens (including phenoxy) is 2. The average molecular weight is 413 g/mol. The summed E-state index contributed by atoms with van der Waals surface area (Å²) in [4.78, 5) is 27.8. The molecule has 0 spiro atoms. The molecule has 0 saturated carbocycles. The van der Waals surface area contributed by atoms with Crippen molar-refractivity contribution in [1.82, 2.24) is 5.32 Å². The molecule has 0 bridgehead atoms. The smallest absolute Gasteiger partial charge is 0.227 e. The number of carbonyl (C=O) groups excluding carboxylic acids is 2. The van der Waals surface area contributed by atoms with E-state index in [0.717, 1.165) is 11.4 Å². The largest absolute Gasteiger partial charge is 0.486 e. The van der Waals surface area contributed by atoms with Crippen LogP contribution in [0.4, 0.5) is 5.69 Å². The number of amides is 2. The van der Waals surface area contributed by atoms with Crippen LogP contribution in [-0.2, 0) is 9.59 Å². The Kier molecular flexibility index (Phi) is 5.94. The molecule has 2 heterocycles. The Morgan fingerprint density at radius 2 is 1.90 bits per heavy atom. The first kappa shape index (κ1) is 19.6. The first-order valence-electron chi connectivity index (χ1n) is 9.77. The summed E-state index contributed by atoms with van der Waals surface area (Å²) >= 11 is 1.71. The molecular weight excluding hydrogens is 388 g/mol. The third kappa shape index (κ3) is 4.67. The number of carbonyl (C=O) groups is 2. The van der Waals surface area contributed by atoms with Crippen LogP contribution in [-0.4, -0.2) is 43.9 Å². The maximum atomic E-state index is 12.5. The SMILES string of the molecule is Cc1ccc(SCCNC(=O)[C@@H]2CC(=O)N(c3ccc4c(c3)OCCO4)C2)cc1. The van der Waals surface area contributed by atoms with Crippen LogP contribution in [0.5, 0.6) is 11.5 Å². The van der Waals surface area contributed by atoms with E-state index in [0.29, 0.717) is 37.8 Å². The lowest BCUT2D eigenvalue weighted by molar-refractivity contribution is -0.126. The lowest BCUT2D eigenvalue weighted by atomic mass is 10.1. The number of anilines is 1. The van der Waals surface area contributed by atoms with Gasteiger partial charge in [-0.2, -0.15) is 0 Å². The summed E-state index contributed by atoms with van der Waals surface area (Å²) in [7, 11) is 0. The average Bonchev–Trinajstić information content (AvgIpc) is 3.14. The van der Waals surface area contributed by atoms with Gasteiger partial charge in [0.15, 0.2) is 11.5 Å². The number of nitrogens with one attached hydrogen (secondary N) is 1. The summed E-state index contributed by atoms with van der Waals surface area (Å²) in [6.45, 7) is 4.04. The van der Waals surface area contributed by atoms with E-state index in [4.69, 9.17) is 9.47 Å². The summed E-state index contributed by atoms with van der Waals surface area (Å²) < 4.78 is 11.1. The second-order valence-electron chi connectivity index (χ2n) is 7.19. The van der Waals surface area contributed by atoms with Gasteiger partial charge in [-0.25, -0.2) is 0 Å². The minimum atomic E-state index is -0.333. The second kappa shape index (κ2) is 8.78. The fourth-order valence-electron chi connectivity index (χ4n) is 3.45. The molecule has 0 radical (unpaired) electrons. The molecule has 1 fully saturated rings. The van der Waals surface area contributed by atoms with Crippen LogP contribution >= 0.6 is 11.8 Å².